The summed E-state index contributed by atoms with van der Waals surface area (Å²) in [7, 11) is 0. The van der Waals surface area contributed by atoms with E-state index >= 15 is 0 Å². The maximum atomic E-state index is 10.9. The van der Waals surface area contributed by atoms with Gasteiger partial charge in [-0.15, -0.1) is 12.4 Å². The van der Waals surface area contributed by atoms with Crippen LogP contribution >= 0.6 is 12.4 Å². The normalized spacial score (nSPS) is 11.9. The molecule has 0 amide bonds. The summed E-state index contributed by atoms with van der Waals surface area (Å²) in [5, 5.41) is 12.0. The monoisotopic (exact) mass is 243 g/mol. The Morgan fingerprint density at radius 2 is 1.88 bits per heavy atom. The summed E-state index contributed by atoms with van der Waals surface area (Å²) in [6.07, 6.45) is 0. The van der Waals surface area contributed by atoms with E-state index < -0.39 is 12.0 Å². The van der Waals surface area contributed by atoms with Gasteiger partial charge in [-0.3, -0.25) is 4.79 Å². The highest BCUT2D eigenvalue weighted by atomic mass is 35.5. The van der Waals surface area contributed by atoms with Crippen molar-refractivity contribution in [2.75, 3.05) is 0 Å². The van der Waals surface area contributed by atoms with Gasteiger partial charge in [-0.2, -0.15) is 0 Å². The number of hydrogen-bond donors (Lipinski definition) is 2. The number of hydrogen-bond acceptors (Lipinski definition) is 2. The van der Waals surface area contributed by atoms with Crippen LogP contribution in [0.1, 0.15) is 19.4 Å². The zero-order chi connectivity index (χ0) is 11.3. The van der Waals surface area contributed by atoms with Gasteiger partial charge in [0.15, 0.2) is 0 Å². The average molecular weight is 244 g/mol. The largest absolute Gasteiger partial charge is 0.480 e. The summed E-state index contributed by atoms with van der Waals surface area (Å²) in [6.45, 7) is 4.39. The lowest BCUT2D eigenvalue weighted by Gasteiger charge is -2.17. The van der Waals surface area contributed by atoms with Crippen molar-refractivity contribution in [1.29, 1.82) is 0 Å². The lowest BCUT2D eigenvalue weighted by Crippen LogP contribution is -2.40. The predicted octanol–water partition coefficient (Wildman–Crippen LogP) is 2.31. The van der Waals surface area contributed by atoms with Crippen molar-refractivity contribution in [2.24, 2.45) is 5.92 Å². The third-order valence-corrected chi connectivity index (χ3v) is 2.30. The van der Waals surface area contributed by atoms with Gasteiger partial charge in [0.1, 0.15) is 6.04 Å². The molecule has 3 nitrogen and oxygen atoms in total. The molecule has 0 saturated heterocycles. The third-order valence-electron chi connectivity index (χ3n) is 2.30. The minimum absolute atomic E-state index is 0. The molecule has 1 atom stereocenters. The minimum atomic E-state index is -0.791. The summed E-state index contributed by atoms with van der Waals surface area (Å²) >= 11 is 0. The molecule has 90 valence electrons. The van der Waals surface area contributed by atoms with Crippen LogP contribution in [0, 0.1) is 5.92 Å². The number of aliphatic carboxylic acids is 1. The van der Waals surface area contributed by atoms with Crippen LogP contribution in [0.15, 0.2) is 30.3 Å². The van der Waals surface area contributed by atoms with E-state index in [-0.39, 0.29) is 18.3 Å². The van der Waals surface area contributed by atoms with E-state index in [2.05, 4.69) is 5.32 Å². The average Bonchev–Trinajstić information content (AvgIpc) is 2.18. The molecule has 0 radical (unpaired) electrons. The van der Waals surface area contributed by atoms with Crippen LogP contribution in [0.25, 0.3) is 0 Å². The lowest BCUT2D eigenvalue weighted by atomic mass is 10.0. The highest BCUT2D eigenvalue weighted by molar-refractivity contribution is 5.85. The molecule has 0 saturated carbocycles. The summed E-state index contributed by atoms with van der Waals surface area (Å²) in [5.41, 5.74) is 1.10. The van der Waals surface area contributed by atoms with Gasteiger partial charge in [0.25, 0.3) is 0 Å². The lowest BCUT2D eigenvalue weighted by molar-refractivity contribution is -0.140. The first-order chi connectivity index (χ1) is 7.11. The van der Waals surface area contributed by atoms with Crippen LogP contribution in [-0.4, -0.2) is 17.1 Å². The Bertz CT molecular complexity index is 314. The molecular formula is C12H18ClNO2. The van der Waals surface area contributed by atoms with Crippen molar-refractivity contribution in [3.8, 4) is 0 Å². The molecule has 1 unspecified atom stereocenters. The SMILES string of the molecule is CC(C)C(NCc1ccccc1)C(=O)O.Cl. The van der Waals surface area contributed by atoms with Gasteiger partial charge in [0.05, 0.1) is 0 Å². The van der Waals surface area contributed by atoms with Gasteiger partial charge in [-0.05, 0) is 11.5 Å². The number of rotatable bonds is 5. The number of halogens is 1. The Labute approximate surface area is 102 Å². The van der Waals surface area contributed by atoms with E-state index in [4.69, 9.17) is 5.11 Å². The first-order valence-corrected chi connectivity index (χ1v) is 5.11. The number of benzene rings is 1. The maximum Gasteiger partial charge on any atom is 0.320 e. The van der Waals surface area contributed by atoms with Gasteiger partial charge < -0.3 is 10.4 Å². The summed E-state index contributed by atoms with van der Waals surface area (Å²) in [6, 6.07) is 9.31. The third kappa shape index (κ3) is 4.64. The number of carbonyl (C=O) groups is 1. The second-order valence-electron chi connectivity index (χ2n) is 3.93. The van der Waals surface area contributed by atoms with Gasteiger partial charge in [-0.25, -0.2) is 0 Å². The number of carboxylic acids is 1. The first-order valence-electron chi connectivity index (χ1n) is 5.11. The molecule has 0 aromatic heterocycles. The van der Waals surface area contributed by atoms with Crippen molar-refractivity contribution in [3.63, 3.8) is 0 Å². The smallest absolute Gasteiger partial charge is 0.320 e. The van der Waals surface area contributed by atoms with Crippen molar-refractivity contribution >= 4 is 18.4 Å². The summed E-state index contributed by atoms with van der Waals surface area (Å²) in [5.74, 6) is -0.702. The molecule has 0 bridgehead atoms. The highest BCUT2D eigenvalue weighted by Crippen LogP contribution is 2.04. The van der Waals surface area contributed by atoms with Crippen molar-refractivity contribution < 1.29 is 9.90 Å². The Balaban J connectivity index is 0.00000225. The number of carboxylic acid groups (broad SMARTS) is 1. The molecule has 1 rings (SSSR count). The summed E-state index contributed by atoms with van der Waals surface area (Å²) < 4.78 is 0. The fourth-order valence-electron chi connectivity index (χ4n) is 1.43. The molecule has 0 spiro atoms. The molecule has 0 aliphatic carbocycles. The van der Waals surface area contributed by atoms with Gasteiger partial charge in [-0.1, -0.05) is 44.2 Å². The molecule has 0 fully saturated rings. The highest BCUT2D eigenvalue weighted by Gasteiger charge is 2.20. The second kappa shape index (κ2) is 7.25. The quantitative estimate of drug-likeness (QED) is 0.835. The topological polar surface area (TPSA) is 49.3 Å². The standard InChI is InChI=1S/C12H17NO2.ClH/c1-9(2)11(12(14)15)13-8-10-6-4-3-5-7-10;/h3-7,9,11,13H,8H2,1-2H3,(H,14,15);1H. The van der Waals surface area contributed by atoms with Gasteiger partial charge in [0, 0.05) is 6.54 Å². The fraction of sp³-hybridized carbons (Fsp3) is 0.417. The van der Waals surface area contributed by atoms with Crippen LogP contribution in [0.2, 0.25) is 0 Å². The van der Waals surface area contributed by atoms with Gasteiger partial charge in [0.2, 0.25) is 0 Å². The molecule has 1 aromatic carbocycles. The minimum Gasteiger partial charge on any atom is -0.480 e. The molecule has 0 heterocycles. The Hall–Kier alpha value is -1.06. The zero-order valence-corrected chi connectivity index (χ0v) is 10.3. The second-order valence-corrected chi connectivity index (χ2v) is 3.93. The van der Waals surface area contributed by atoms with E-state index in [0.29, 0.717) is 6.54 Å². The molecular weight excluding hydrogens is 226 g/mol. The Morgan fingerprint density at radius 1 is 1.31 bits per heavy atom. The van der Waals surface area contributed by atoms with Crippen LogP contribution in [0.4, 0.5) is 0 Å². The molecule has 2 N–H and O–H groups in total. The Morgan fingerprint density at radius 3 is 2.31 bits per heavy atom. The van der Waals surface area contributed by atoms with E-state index in [0.717, 1.165) is 5.56 Å². The first kappa shape index (κ1) is 14.9. The van der Waals surface area contributed by atoms with E-state index in [9.17, 15) is 4.79 Å². The molecule has 0 aliphatic rings. The molecule has 4 heteroatoms. The van der Waals surface area contributed by atoms with E-state index in [1.54, 1.807) is 0 Å². The Kier molecular flexibility index (Phi) is 6.77. The number of nitrogens with one attached hydrogen (secondary N) is 1. The van der Waals surface area contributed by atoms with Crippen LogP contribution in [0.3, 0.4) is 0 Å². The van der Waals surface area contributed by atoms with E-state index in [1.807, 2.05) is 44.2 Å². The predicted molar refractivity (Wildman–Crippen MR) is 66.8 cm³/mol. The zero-order valence-electron chi connectivity index (χ0n) is 9.51. The van der Waals surface area contributed by atoms with Crippen molar-refractivity contribution in [3.05, 3.63) is 35.9 Å². The maximum absolute atomic E-state index is 10.9. The van der Waals surface area contributed by atoms with Gasteiger partial charge >= 0.3 is 5.97 Å². The molecule has 1 aromatic rings. The molecule has 0 aliphatic heterocycles. The van der Waals surface area contributed by atoms with Crippen LogP contribution in [0.5, 0.6) is 0 Å². The fourth-order valence-corrected chi connectivity index (χ4v) is 1.43. The van der Waals surface area contributed by atoms with Crippen LogP contribution in [-0.2, 0) is 11.3 Å². The van der Waals surface area contributed by atoms with Crippen molar-refractivity contribution in [1.82, 2.24) is 5.32 Å². The molecule has 16 heavy (non-hydrogen) atoms. The summed E-state index contributed by atoms with van der Waals surface area (Å²) in [4.78, 5) is 10.9. The van der Waals surface area contributed by atoms with Crippen molar-refractivity contribution in [2.45, 2.75) is 26.4 Å². The van der Waals surface area contributed by atoms with Crippen LogP contribution < -0.4 is 5.32 Å². The van der Waals surface area contributed by atoms with E-state index in [1.165, 1.54) is 0 Å².